The van der Waals surface area contributed by atoms with Gasteiger partial charge in [0.1, 0.15) is 11.3 Å². The molecule has 0 radical (unpaired) electrons. The maximum absolute atomic E-state index is 13.2. The van der Waals surface area contributed by atoms with Crippen LogP contribution in [0.1, 0.15) is 63.3 Å². The Morgan fingerprint density at radius 1 is 1.19 bits per heavy atom. The Labute approximate surface area is 224 Å². The fourth-order valence-corrected chi connectivity index (χ4v) is 4.68. The number of benzene rings is 1. The molecule has 0 fully saturated rings. The van der Waals surface area contributed by atoms with Gasteiger partial charge in [0.2, 0.25) is 5.95 Å². The number of hydrogen-bond acceptors (Lipinski definition) is 6. The van der Waals surface area contributed by atoms with E-state index >= 15 is 0 Å². The molecule has 0 aliphatic carbocycles. The van der Waals surface area contributed by atoms with Crippen molar-refractivity contribution in [3.05, 3.63) is 38.7 Å². The van der Waals surface area contributed by atoms with Crippen molar-refractivity contribution >= 4 is 51.6 Å². The molecule has 0 aliphatic heterocycles. The van der Waals surface area contributed by atoms with Gasteiger partial charge in [-0.05, 0) is 75.4 Å². The number of halogens is 1. The zero-order valence-corrected chi connectivity index (χ0v) is 23.8. The van der Waals surface area contributed by atoms with Gasteiger partial charge in [-0.3, -0.25) is 14.8 Å². The summed E-state index contributed by atoms with van der Waals surface area (Å²) in [6.45, 7) is 14.5. The molecule has 2 N–H and O–H groups in total. The van der Waals surface area contributed by atoms with Gasteiger partial charge >= 0.3 is 6.09 Å². The molecule has 10 nitrogen and oxygen atoms in total. The van der Waals surface area contributed by atoms with E-state index in [2.05, 4.69) is 49.4 Å². The van der Waals surface area contributed by atoms with Gasteiger partial charge in [0.15, 0.2) is 0 Å². The largest absolute Gasteiger partial charge is 0.444 e. The number of anilines is 1. The van der Waals surface area contributed by atoms with Crippen LogP contribution in [-0.2, 0) is 17.8 Å². The lowest BCUT2D eigenvalue weighted by atomic mass is 9.93. The summed E-state index contributed by atoms with van der Waals surface area (Å²) in [6.07, 6.45) is -0.490. The third-order valence-corrected chi connectivity index (χ3v) is 6.10. The van der Waals surface area contributed by atoms with Crippen LogP contribution in [0, 0.1) is 27.2 Å². The number of imidazole rings is 1. The first-order valence-electron chi connectivity index (χ1n) is 11.7. The number of nitrogens with zero attached hydrogens (tertiary/aromatic N) is 5. The van der Waals surface area contributed by atoms with Gasteiger partial charge in [-0.25, -0.2) is 9.78 Å². The summed E-state index contributed by atoms with van der Waals surface area (Å²) in [7, 11) is 0. The maximum atomic E-state index is 13.2. The average Bonchev–Trinajstić information content (AvgIpc) is 3.31. The number of carbonyl (C=O) groups is 2. The van der Waals surface area contributed by atoms with Crippen molar-refractivity contribution in [3.63, 3.8) is 0 Å². The molecule has 0 aliphatic rings. The second-order valence-corrected chi connectivity index (χ2v) is 11.6. The lowest BCUT2D eigenvalue weighted by molar-refractivity contribution is 0.0503. The summed E-state index contributed by atoms with van der Waals surface area (Å²) in [5.41, 5.74) is 2.05. The Morgan fingerprint density at radius 2 is 1.89 bits per heavy atom. The number of hydrogen-bond donors (Lipinski definition) is 2. The first-order chi connectivity index (χ1) is 16.7. The van der Waals surface area contributed by atoms with Crippen LogP contribution < -0.4 is 10.6 Å². The predicted octanol–water partition coefficient (Wildman–Crippen LogP) is 4.84. The molecule has 11 heteroatoms. The molecular formula is C25H32IN7O3. The summed E-state index contributed by atoms with van der Waals surface area (Å²) < 4.78 is 9.77. The van der Waals surface area contributed by atoms with Crippen LogP contribution in [0.5, 0.6) is 0 Å². The van der Waals surface area contributed by atoms with E-state index < -0.39 is 17.1 Å². The van der Waals surface area contributed by atoms with Crippen LogP contribution in [0.4, 0.5) is 10.7 Å². The van der Waals surface area contributed by atoms with Gasteiger partial charge in [0, 0.05) is 28.6 Å². The second kappa shape index (κ2) is 10.5. The smallest absolute Gasteiger partial charge is 0.407 e. The third kappa shape index (κ3) is 6.54. The number of alkyl carbamates (subject to hydrolysis) is 1. The summed E-state index contributed by atoms with van der Waals surface area (Å²) in [5, 5.41) is 19.6. The molecule has 0 saturated carbocycles. The Bertz CT molecular complexity index is 1340. The van der Waals surface area contributed by atoms with E-state index in [1.807, 2.05) is 53.0 Å². The molecule has 1 aromatic carbocycles. The predicted molar refractivity (Wildman–Crippen MR) is 146 cm³/mol. The number of fused-ring (bicyclic) bond motifs is 1. The molecule has 2 amide bonds. The van der Waals surface area contributed by atoms with Crippen molar-refractivity contribution in [1.82, 2.24) is 24.6 Å². The number of aromatic nitrogens is 4. The maximum Gasteiger partial charge on any atom is 0.407 e. The molecule has 3 aromatic rings. The minimum Gasteiger partial charge on any atom is -0.444 e. The van der Waals surface area contributed by atoms with Crippen LogP contribution >= 0.6 is 22.6 Å². The van der Waals surface area contributed by atoms with Gasteiger partial charge in [0.25, 0.3) is 5.91 Å². The molecule has 0 unspecified atom stereocenters. The van der Waals surface area contributed by atoms with Crippen molar-refractivity contribution in [2.75, 3.05) is 11.9 Å². The molecule has 2 heterocycles. The van der Waals surface area contributed by atoms with E-state index in [0.717, 1.165) is 14.8 Å². The summed E-state index contributed by atoms with van der Waals surface area (Å²) in [6, 6.07) is 7.38. The molecule has 0 bridgehead atoms. The highest BCUT2D eigenvalue weighted by Gasteiger charge is 2.27. The van der Waals surface area contributed by atoms with E-state index in [4.69, 9.17) is 4.74 Å². The van der Waals surface area contributed by atoms with E-state index in [9.17, 15) is 14.9 Å². The first kappa shape index (κ1) is 27.4. The quantitative estimate of drug-likeness (QED) is 0.371. The van der Waals surface area contributed by atoms with E-state index in [1.54, 1.807) is 22.9 Å². The van der Waals surface area contributed by atoms with Gasteiger partial charge in [0.05, 0.1) is 28.4 Å². The number of ether oxygens (including phenoxy) is 1. The van der Waals surface area contributed by atoms with Crippen LogP contribution in [0.3, 0.4) is 0 Å². The van der Waals surface area contributed by atoms with Gasteiger partial charge < -0.3 is 14.6 Å². The van der Waals surface area contributed by atoms with Crippen LogP contribution in [0.2, 0.25) is 0 Å². The molecule has 192 valence electrons. The summed E-state index contributed by atoms with van der Waals surface area (Å²) in [5.74, 6) is 0.0315. The zero-order chi connectivity index (χ0) is 26.8. The number of aryl methyl sites for hydroxylation is 2. The molecule has 0 atom stereocenters. The Balaban J connectivity index is 1.97. The van der Waals surface area contributed by atoms with Crippen molar-refractivity contribution in [2.45, 2.75) is 67.2 Å². The van der Waals surface area contributed by atoms with Gasteiger partial charge in [-0.1, -0.05) is 13.8 Å². The van der Waals surface area contributed by atoms with E-state index in [-0.39, 0.29) is 5.91 Å². The molecule has 3 rings (SSSR count). The Hall–Kier alpha value is -3.14. The van der Waals surface area contributed by atoms with E-state index in [1.165, 1.54) is 0 Å². The molecule has 0 saturated heterocycles. The van der Waals surface area contributed by atoms with Crippen LogP contribution in [0.15, 0.2) is 18.2 Å². The fourth-order valence-electron chi connectivity index (χ4n) is 3.78. The number of nitrogens with one attached hydrogen (secondary N) is 2. The number of rotatable bonds is 7. The Kier molecular flexibility index (Phi) is 7.97. The second-order valence-electron chi connectivity index (χ2n) is 10.4. The number of carbonyl (C=O) groups excluding carboxylic acids is 2. The normalized spacial score (nSPS) is 11.9. The SMILES string of the molecule is CCn1nc(C)cc1C(=O)Nc1nc2cc(C#N)cc(I)c2n1CC(C)(C)CNC(=O)OC(C)(C)C. The highest BCUT2D eigenvalue weighted by atomic mass is 127. The minimum absolute atomic E-state index is 0.325. The van der Waals surface area contributed by atoms with Gasteiger partial charge in [-0.2, -0.15) is 10.4 Å². The summed E-state index contributed by atoms with van der Waals surface area (Å²) >= 11 is 2.18. The fraction of sp³-hybridized carbons (Fsp3) is 0.480. The van der Waals surface area contributed by atoms with E-state index in [0.29, 0.717) is 42.4 Å². The van der Waals surface area contributed by atoms with Gasteiger partial charge in [-0.15, -0.1) is 0 Å². The van der Waals surface area contributed by atoms with Crippen LogP contribution in [0.25, 0.3) is 11.0 Å². The monoisotopic (exact) mass is 605 g/mol. The summed E-state index contributed by atoms with van der Waals surface area (Å²) in [4.78, 5) is 30.1. The topological polar surface area (TPSA) is 127 Å². The molecule has 0 spiro atoms. The zero-order valence-electron chi connectivity index (χ0n) is 21.7. The van der Waals surface area contributed by atoms with Crippen molar-refractivity contribution in [1.29, 1.82) is 5.26 Å². The number of amides is 2. The Morgan fingerprint density at radius 3 is 2.50 bits per heavy atom. The number of nitriles is 1. The lowest BCUT2D eigenvalue weighted by Crippen LogP contribution is -2.39. The molecule has 36 heavy (non-hydrogen) atoms. The third-order valence-electron chi connectivity index (χ3n) is 5.28. The first-order valence-corrected chi connectivity index (χ1v) is 12.7. The standard InChI is InChI=1S/C25H32IN7O3/c1-8-33-19(9-15(2)31-33)21(34)30-22-29-18-11-16(12-27)10-17(26)20(18)32(22)14-25(6,7)13-28-23(35)36-24(3,4)5/h9-11H,8,13-14H2,1-7H3,(H,28,35)(H,29,30,34). The van der Waals surface area contributed by atoms with Crippen molar-refractivity contribution < 1.29 is 14.3 Å². The highest BCUT2D eigenvalue weighted by Crippen LogP contribution is 2.30. The minimum atomic E-state index is -0.593. The molecule has 2 aromatic heterocycles. The highest BCUT2D eigenvalue weighted by molar-refractivity contribution is 14.1. The lowest BCUT2D eigenvalue weighted by Gasteiger charge is -2.28. The van der Waals surface area contributed by atoms with Crippen LogP contribution in [-0.4, -0.2) is 43.5 Å². The van der Waals surface area contributed by atoms with Crippen molar-refractivity contribution in [2.24, 2.45) is 5.41 Å². The molecular weight excluding hydrogens is 573 g/mol. The average molecular weight is 605 g/mol. The van der Waals surface area contributed by atoms with Crippen molar-refractivity contribution in [3.8, 4) is 6.07 Å².